The zero-order valence-electron chi connectivity index (χ0n) is 12.3. The van der Waals surface area contributed by atoms with Crippen molar-refractivity contribution in [2.75, 3.05) is 13.7 Å². The minimum atomic E-state index is -0.203. The Hall–Kier alpha value is -2.07. The highest BCUT2D eigenvalue weighted by Crippen LogP contribution is 2.29. The van der Waals surface area contributed by atoms with Crippen molar-refractivity contribution in [3.05, 3.63) is 58.9 Å². The molecule has 3 nitrogen and oxygen atoms in total. The van der Waals surface area contributed by atoms with Gasteiger partial charge in [0, 0.05) is 12.1 Å². The van der Waals surface area contributed by atoms with Crippen LogP contribution in [0.3, 0.4) is 0 Å². The molecule has 0 aliphatic rings. The lowest BCUT2D eigenvalue weighted by molar-refractivity contribution is 0.369. The van der Waals surface area contributed by atoms with Crippen LogP contribution in [0.5, 0.6) is 11.5 Å². The molecule has 2 aromatic carbocycles. The van der Waals surface area contributed by atoms with Gasteiger partial charge in [-0.3, -0.25) is 0 Å². The van der Waals surface area contributed by atoms with Crippen molar-refractivity contribution >= 4 is 0 Å². The maximum Gasteiger partial charge on any atom is 0.162 e. The first-order valence-corrected chi connectivity index (χ1v) is 6.92. The van der Waals surface area contributed by atoms with E-state index in [2.05, 4.69) is 5.32 Å². The van der Waals surface area contributed by atoms with Gasteiger partial charge in [0.25, 0.3) is 0 Å². The van der Waals surface area contributed by atoms with Crippen molar-refractivity contribution in [3.8, 4) is 11.5 Å². The number of aryl methyl sites for hydroxylation is 1. The predicted molar refractivity (Wildman–Crippen MR) is 81.2 cm³/mol. The lowest BCUT2D eigenvalue weighted by Crippen LogP contribution is -2.17. The van der Waals surface area contributed by atoms with Crippen LogP contribution >= 0.6 is 0 Å². The molecule has 0 aliphatic heterocycles. The molecule has 0 unspecified atom stereocenters. The minimum Gasteiger partial charge on any atom is -0.504 e. The van der Waals surface area contributed by atoms with Crippen molar-refractivity contribution < 1.29 is 14.2 Å². The molecule has 0 aliphatic carbocycles. The molecular formula is C17H20FNO2. The number of phenols is 1. The SMILES string of the molecule is COc1cccc(CNCCc2ccc(F)cc2C)c1O. The van der Waals surface area contributed by atoms with Gasteiger partial charge in [-0.25, -0.2) is 4.39 Å². The first kappa shape index (κ1) is 15.3. The average molecular weight is 289 g/mol. The fourth-order valence-electron chi connectivity index (χ4n) is 2.26. The van der Waals surface area contributed by atoms with Gasteiger partial charge in [0.05, 0.1) is 7.11 Å². The fraction of sp³-hybridized carbons (Fsp3) is 0.294. The first-order chi connectivity index (χ1) is 10.1. The maximum atomic E-state index is 13.0. The molecule has 0 spiro atoms. The molecule has 2 rings (SSSR count). The zero-order valence-corrected chi connectivity index (χ0v) is 12.3. The number of halogens is 1. The molecule has 0 aromatic heterocycles. The molecule has 2 N–H and O–H groups in total. The van der Waals surface area contributed by atoms with Crippen LogP contribution in [0.1, 0.15) is 16.7 Å². The number of phenolic OH excluding ortho intramolecular Hbond substituents is 1. The molecule has 0 saturated carbocycles. The van der Waals surface area contributed by atoms with Gasteiger partial charge in [-0.2, -0.15) is 0 Å². The van der Waals surface area contributed by atoms with Crippen molar-refractivity contribution in [2.24, 2.45) is 0 Å². The summed E-state index contributed by atoms with van der Waals surface area (Å²) in [5.74, 6) is 0.444. The highest BCUT2D eigenvalue weighted by molar-refractivity contribution is 5.45. The Bertz CT molecular complexity index is 614. The molecule has 0 fully saturated rings. The molecule has 4 heteroatoms. The molecule has 0 bridgehead atoms. The predicted octanol–water partition coefficient (Wildman–Crippen LogP) is 3.18. The van der Waals surface area contributed by atoms with E-state index in [1.54, 1.807) is 12.1 Å². The van der Waals surface area contributed by atoms with Crippen LogP contribution in [0.15, 0.2) is 36.4 Å². The molecule has 0 radical (unpaired) electrons. The summed E-state index contributed by atoms with van der Waals surface area (Å²) in [6.07, 6.45) is 0.816. The molecule has 21 heavy (non-hydrogen) atoms. The van der Waals surface area contributed by atoms with Crippen LogP contribution in [-0.2, 0) is 13.0 Å². The summed E-state index contributed by atoms with van der Waals surface area (Å²) in [6.45, 7) is 3.22. The van der Waals surface area contributed by atoms with E-state index >= 15 is 0 Å². The monoisotopic (exact) mass is 289 g/mol. The summed E-state index contributed by atoms with van der Waals surface area (Å²) in [6, 6.07) is 10.3. The third-order valence-corrected chi connectivity index (χ3v) is 3.49. The summed E-state index contributed by atoms with van der Waals surface area (Å²) in [5.41, 5.74) is 2.88. The number of hydrogen-bond donors (Lipinski definition) is 2. The smallest absolute Gasteiger partial charge is 0.162 e. The standard InChI is InChI=1S/C17H20FNO2/c1-12-10-15(18)7-6-13(12)8-9-19-11-14-4-3-5-16(21-2)17(14)20/h3-7,10,19-20H,8-9,11H2,1-2H3. The van der Waals surface area contributed by atoms with E-state index in [0.717, 1.165) is 29.7 Å². The zero-order chi connectivity index (χ0) is 15.2. The van der Waals surface area contributed by atoms with Gasteiger partial charge in [-0.05, 0) is 49.2 Å². The van der Waals surface area contributed by atoms with Crippen LogP contribution in [0, 0.1) is 12.7 Å². The quantitative estimate of drug-likeness (QED) is 0.803. The lowest BCUT2D eigenvalue weighted by Gasteiger charge is -2.10. The number of rotatable bonds is 6. The van der Waals surface area contributed by atoms with Gasteiger partial charge in [0.2, 0.25) is 0 Å². The third-order valence-electron chi connectivity index (χ3n) is 3.49. The third kappa shape index (κ3) is 3.95. The first-order valence-electron chi connectivity index (χ1n) is 6.92. The summed E-state index contributed by atoms with van der Waals surface area (Å²) in [5, 5.41) is 13.2. The highest BCUT2D eigenvalue weighted by Gasteiger charge is 2.06. The topological polar surface area (TPSA) is 41.5 Å². The van der Waals surface area contributed by atoms with E-state index in [0.29, 0.717) is 12.3 Å². The Morgan fingerprint density at radius 3 is 2.71 bits per heavy atom. The van der Waals surface area contributed by atoms with Crippen LogP contribution in [-0.4, -0.2) is 18.8 Å². The van der Waals surface area contributed by atoms with Gasteiger partial charge >= 0.3 is 0 Å². The van der Waals surface area contributed by atoms with Crippen LogP contribution in [0.25, 0.3) is 0 Å². The van der Waals surface area contributed by atoms with E-state index < -0.39 is 0 Å². The van der Waals surface area contributed by atoms with Gasteiger partial charge in [-0.1, -0.05) is 18.2 Å². The molecular weight excluding hydrogens is 269 g/mol. The van der Waals surface area contributed by atoms with E-state index in [1.807, 2.05) is 25.1 Å². The number of hydrogen-bond acceptors (Lipinski definition) is 3. The Labute approximate surface area is 124 Å². The molecule has 2 aromatic rings. The van der Waals surface area contributed by atoms with Crippen molar-refractivity contribution in [3.63, 3.8) is 0 Å². The van der Waals surface area contributed by atoms with Gasteiger partial charge < -0.3 is 15.2 Å². The second-order valence-corrected chi connectivity index (χ2v) is 4.97. The Morgan fingerprint density at radius 2 is 2.00 bits per heavy atom. The number of nitrogens with one attached hydrogen (secondary N) is 1. The van der Waals surface area contributed by atoms with Gasteiger partial charge in [-0.15, -0.1) is 0 Å². The summed E-state index contributed by atoms with van der Waals surface area (Å²) in [7, 11) is 1.53. The van der Waals surface area contributed by atoms with Crippen LogP contribution in [0.4, 0.5) is 4.39 Å². The Kier molecular flexibility index (Phi) is 5.17. The van der Waals surface area contributed by atoms with Gasteiger partial charge in [0.15, 0.2) is 11.5 Å². The lowest BCUT2D eigenvalue weighted by atomic mass is 10.1. The molecule has 0 heterocycles. The maximum absolute atomic E-state index is 13.0. The number of methoxy groups -OCH3 is 1. The second kappa shape index (κ2) is 7.09. The van der Waals surface area contributed by atoms with Crippen molar-refractivity contribution in [1.29, 1.82) is 0 Å². The normalized spacial score (nSPS) is 10.6. The largest absolute Gasteiger partial charge is 0.504 e. The Morgan fingerprint density at radius 1 is 1.19 bits per heavy atom. The minimum absolute atomic E-state index is 0.172. The van der Waals surface area contributed by atoms with E-state index in [4.69, 9.17) is 4.74 Å². The van der Waals surface area contributed by atoms with Gasteiger partial charge in [0.1, 0.15) is 5.82 Å². The van der Waals surface area contributed by atoms with Crippen LogP contribution in [0.2, 0.25) is 0 Å². The molecule has 112 valence electrons. The summed E-state index contributed by atoms with van der Waals surface area (Å²) in [4.78, 5) is 0. The van der Waals surface area contributed by atoms with Crippen LogP contribution < -0.4 is 10.1 Å². The van der Waals surface area contributed by atoms with E-state index in [1.165, 1.54) is 13.2 Å². The molecule has 0 atom stereocenters. The second-order valence-electron chi connectivity index (χ2n) is 4.97. The number of benzene rings is 2. The molecule has 0 amide bonds. The summed E-state index contributed by atoms with van der Waals surface area (Å²) < 4.78 is 18.1. The summed E-state index contributed by atoms with van der Waals surface area (Å²) >= 11 is 0. The molecule has 0 saturated heterocycles. The van der Waals surface area contributed by atoms with E-state index in [-0.39, 0.29) is 11.6 Å². The number of para-hydroxylation sites is 1. The Balaban J connectivity index is 1.87. The number of ether oxygens (including phenoxy) is 1. The fourth-order valence-corrected chi connectivity index (χ4v) is 2.26. The number of aromatic hydroxyl groups is 1. The average Bonchev–Trinajstić information content (AvgIpc) is 2.47. The van der Waals surface area contributed by atoms with Crippen molar-refractivity contribution in [1.82, 2.24) is 5.32 Å². The highest BCUT2D eigenvalue weighted by atomic mass is 19.1. The van der Waals surface area contributed by atoms with E-state index in [9.17, 15) is 9.50 Å². The van der Waals surface area contributed by atoms with Crippen molar-refractivity contribution in [2.45, 2.75) is 19.9 Å².